The molecule has 0 fully saturated rings. The van der Waals surface area contributed by atoms with E-state index in [-0.39, 0.29) is 21.2 Å². The van der Waals surface area contributed by atoms with Crippen LogP contribution in [0.4, 0.5) is 8.78 Å². The van der Waals surface area contributed by atoms with E-state index in [0.29, 0.717) is 19.5 Å². The molecule has 0 aromatic heterocycles. The van der Waals surface area contributed by atoms with Crippen molar-refractivity contribution in [1.29, 1.82) is 0 Å². The maximum absolute atomic E-state index is 13.6. The van der Waals surface area contributed by atoms with E-state index in [4.69, 9.17) is 23.2 Å². The second-order valence-electron chi connectivity index (χ2n) is 5.87. The van der Waals surface area contributed by atoms with E-state index in [2.05, 4.69) is 10.6 Å². The molecule has 2 aromatic rings. The summed E-state index contributed by atoms with van der Waals surface area (Å²) < 4.78 is 27.2. The van der Waals surface area contributed by atoms with Gasteiger partial charge in [-0.1, -0.05) is 35.3 Å². The quantitative estimate of drug-likeness (QED) is 0.466. The number of hydrogen-bond acceptors (Lipinski definition) is 2. The van der Waals surface area contributed by atoms with Gasteiger partial charge in [-0.15, -0.1) is 0 Å². The molecule has 0 aliphatic heterocycles. The highest BCUT2D eigenvalue weighted by Gasteiger charge is 2.05. The van der Waals surface area contributed by atoms with Crippen molar-refractivity contribution in [2.24, 2.45) is 0 Å². The molecule has 2 aromatic carbocycles. The molecule has 4 nitrogen and oxygen atoms in total. The summed E-state index contributed by atoms with van der Waals surface area (Å²) in [6.07, 6.45) is 5.44. The zero-order chi connectivity index (χ0) is 21.2. The largest absolute Gasteiger partial charge is 0.352 e. The highest BCUT2D eigenvalue weighted by atomic mass is 35.5. The van der Waals surface area contributed by atoms with Crippen LogP contribution in [0.15, 0.2) is 48.6 Å². The van der Waals surface area contributed by atoms with Gasteiger partial charge in [0.15, 0.2) is 0 Å². The minimum atomic E-state index is -0.519. The molecule has 0 heterocycles. The first-order valence-corrected chi connectivity index (χ1v) is 9.44. The van der Waals surface area contributed by atoms with Crippen LogP contribution < -0.4 is 10.6 Å². The summed E-state index contributed by atoms with van der Waals surface area (Å²) in [7, 11) is 0. The molecule has 2 amide bonds. The molecule has 0 aliphatic carbocycles. The van der Waals surface area contributed by atoms with E-state index in [0.717, 1.165) is 0 Å². The SMILES string of the molecule is O=C(/C=C/c1c(F)cccc1Cl)NCCCNC(=O)/C=C/c1c(F)cccc1Cl. The van der Waals surface area contributed by atoms with Crippen molar-refractivity contribution < 1.29 is 18.4 Å². The van der Waals surface area contributed by atoms with Gasteiger partial charge in [0.05, 0.1) is 10.0 Å². The number of carbonyl (C=O) groups excluding carboxylic acids is 2. The number of rotatable bonds is 8. The van der Waals surface area contributed by atoms with E-state index in [1.165, 1.54) is 60.7 Å². The van der Waals surface area contributed by atoms with Crippen LogP contribution in [0.5, 0.6) is 0 Å². The van der Waals surface area contributed by atoms with Crippen LogP contribution in [0, 0.1) is 11.6 Å². The van der Waals surface area contributed by atoms with E-state index >= 15 is 0 Å². The fourth-order valence-corrected chi connectivity index (χ4v) is 2.74. The molecule has 0 saturated heterocycles. The van der Waals surface area contributed by atoms with Gasteiger partial charge in [0.1, 0.15) is 11.6 Å². The molecule has 0 bridgehead atoms. The average Bonchev–Trinajstić information content (AvgIpc) is 2.67. The Labute approximate surface area is 177 Å². The number of hydrogen-bond donors (Lipinski definition) is 2. The highest BCUT2D eigenvalue weighted by Crippen LogP contribution is 2.21. The normalized spacial score (nSPS) is 11.2. The third-order valence-corrected chi connectivity index (χ3v) is 4.41. The Bertz CT molecular complexity index is 830. The van der Waals surface area contributed by atoms with Gasteiger partial charge >= 0.3 is 0 Å². The molecular formula is C21H18Cl2F2N2O2. The second kappa shape index (κ2) is 11.3. The minimum absolute atomic E-state index is 0.137. The molecular weight excluding hydrogens is 421 g/mol. The van der Waals surface area contributed by atoms with Gasteiger partial charge < -0.3 is 10.6 Å². The van der Waals surface area contributed by atoms with E-state index in [9.17, 15) is 18.4 Å². The maximum Gasteiger partial charge on any atom is 0.244 e. The molecule has 29 heavy (non-hydrogen) atoms. The molecule has 2 rings (SSSR count). The summed E-state index contributed by atoms with van der Waals surface area (Å²) in [6, 6.07) is 8.51. The third kappa shape index (κ3) is 7.33. The van der Waals surface area contributed by atoms with Crippen molar-refractivity contribution in [1.82, 2.24) is 10.6 Å². The highest BCUT2D eigenvalue weighted by molar-refractivity contribution is 6.32. The molecule has 8 heteroatoms. The fourth-order valence-electron chi connectivity index (χ4n) is 2.29. The van der Waals surface area contributed by atoms with Gasteiger partial charge in [0, 0.05) is 36.4 Å². The van der Waals surface area contributed by atoms with Gasteiger partial charge in [-0.3, -0.25) is 9.59 Å². The lowest BCUT2D eigenvalue weighted by atomic mass is 10.2. The molecule has 0 unspecified atom stereocenters. The van der Waals surface area contributed by atoms with Gasteiger partial charge in [0.25, 0.3) is 0 Å². The summed E-state index contributed by atoms with van der Waals surface area (Å²) in [4.78, 5) is 23.5. The van der Waals surface area contributed by atoms with Crippen LogP contribution in [0.2, 0.25) is 10.0 Å². The fraction of sp³-hybridized carbons (Fsp3) is 0.143. The Morgan fingerprint density at radius 2 is 1.21 bits per heavy atom. The van der Waals surface area contributed by atoms with E-state index in [1.54, 1.807) is 0 Å². The molecule has 0 radical (unpaired) electrons. The van der Waals surface area contributed by atoms with E-state index in [1.807, 2.05) is 0 Å². The Morgan fingerprint density at radius 1 is 0.793 bits per heavy atom. The maximum atomic E-state index is 13.6. The minimum Gasteiger partial charge on any atom is -0.352 e. The van der Waals surface area contributed by atoms with Crippen molar-refractivity contribution in [3.8, 4) is 0 Å². The zero-order valence-electron chi connectivity index (χ0n) is 15.2. The second-order valence-corrected chi connectivity index (χ2v) is 6.69. The Kier molecular flexibility index (Phi) is 8.83. The number of nitrogens with one attached hydrogen (secondary N) is 2. The molecule has 0 aliphatic rings. The van der Waals surface area contributed by atoms with Crippen molar-refractivity contribution in [2.45, 2.75) is 6.42 Å². The summed E-state index contributed by atoms with van der Waals surface area (Å²) in [5.74, 6) is -1.86. The lowest BCUT2D eigenvalue weighted by Gasteiger charge is -2.04. The number of amides is 2. The first-order valence-electron chi connectivity index (χ1n) is 8.68. The van der Waals surface area contributed by atoms with E-state index < -0.39 is 23.4 Å². The zero-order valence-corrected chi connectivity index (χ0v) is 16.7. The molecule has 0 saturated carbocycles. The number of halogens is 4. The predicted molar refractivity (Wildman–Crippen MR) is 112 cm³/mol. The van der Waals surface area contributed by atoms with Gasteiger partial charge in [0.2, 0.25) is 11.8 Å². The summed E-state index contributed by atoms with van der Waals surface area (Å²) in [5, 5.41) is 5.64. The summed E-state index contributed by atoms with van der Waals surface area (Å²) in [6.45, 7) is 0.606. The van der Waals surface area contributed by atoms with Crippen LogP contribution in [-0.2, 0) is 9.59 Å². The van der Waals surface area contributed by atoms with Gasteiger partial charge in [-0.05, 0) is 42.8 Å². The van der Waals surface area contributed by atoms with Crippen LogP contribution in [0.25, 0.3) is 12.2 Å². The van der Waals surface area contributed by atoms with Crippen molar-refractivity contribution in [3.63, 3.8) is 0 Å². The third-order valence-electron chi connectivity index (χ3n) is 3.75. The van der Waals surface area contributed by atoms with Crippen LogP contribution in [0.3, 0.4) is 0 Å². The first-order chi connectivity index (χ1) is 13.9. The molecule has 0 spiro atoms. The number of carbonyl (C=O) groups is 2. The summed E-state index contributed by atoms with van der Waals surface area (Å²) >= 11 is 11.7. The summed E-state index contributed by atoms with van der Waals surface area (Å²) in [5.41, 5.74) is 0.275. The van der Waals surface area contributed by atoms with Crippen LogP contribution in [0.1, 0.15) is 17.5 Å². The molecule has 2 N–H and O–H groups in total. The Balaban J connectivity index is 1.70. The topological polar surface area (TPSA) is 58.2 Å². The smallest absolute Gasteiger partial charge is 0.244 e. The Hall–Kier alpha value is -2.70. The number of benzene rings is 2. The van der Waals surface area contributed by atoms with Gasteiger partial charge in [-0.2, -0.15) is 0 Å². The van der Waals surface area contributed by atoms with Crippen molar-refractivity contribution >= 4 is 47.2 Å². The lowest BCUT2D eigenvalue weighted by molar-refractivity contribution is -0.116. The monoisotopic (exact) mass is 438 g/mol. The van der Waals surface area contributed by atoms with Crippen molar-refractivity contribution in [2.75, 3.05) is 13.1 Å². The molecule has 0 atom stereocenters. The predicted octanol–water partition coefficient (Wildman–Crippen LogP) is 4.62. The Morgan fingerprint density at radius 3 is 1.59 bits per heavy atom. The van der Waals surface area contributed by atoms with Gasteiger partial charge in [-0.25, -0.2) is 8.78 Å². The van der Waals surface area contributed by atoms with Crippen molar-refractivity contribution in [3.05, 3.63) is 81.4 Å². The van der Waals surface area contributed by atoms with Crippen LogP contribution in [-0.4, -0.2) is 24.9 Å². The lowest BCUT2D eigenvalue weighted by Crippen LogP contribution is -2.28. The average molecular weight is 439 g/mol. The van der Waals surface area contributed by atoms with Crippen LogP contribution >= 0.6 is 23.2 Å². The molecule has 152 valence electrons. The standard InChI is InChI=1S/C21H18Cl2F2N2O2/c22-16-4-1-6-18(24)14(16)8-10-20(28)26-12-3-13-27-21(29)11-9-15-17(23)5-2-7-19(15)25/h1-2,4-11H,3,12-13H2,(H,26,28)(H,27,29)/b10-8+,11-9+. The first kappa shape index (κ1) is 22.6.